The zero-order valence-corrected chi connectivity index (χ0v) is 13.1. The molecule has 0 atom stereocenters. The van der Waals surface area contributed by atoms with Crippen LogP contribution in [-0.4, -0.2) is 18.2 Å². The standard InChI is InChI=1S/C18H18FN3O2/c19-15-9-8-14(24-12-13-5-2-1-3-6-13)11-17(15)22-21-16-7-4-10-20-18(16)23/h1-3,5-6,8-9,11,22H,4,7,10,12H2,(H,20,23). The molecule has 2 aromatic carbocycles. The van der Waals surface area contributed by atoms with E-state index in [1.54, 1.807) is 6.07 Å². The van der Waals surface area contributed by atoms with Gasteiger partial charge < -0.3 is 10.1 Å². The quantitative estimate of drug-likeness (QED) is 0.830. The largest absolute Gasteiger partial charge is 0.489 e. The number of piperidine rings is 1. The molecule has 5 nitrogen and oxygen atoms in total. The fourth-order valence-electron chi connectivity index (χ4n) is 2.33. The molecular weight excluding hydrogens is 309 g/mol. The van der Waals surface area contributed by atoms with E-state index in [4.69, 9.17) is 4.74 Å². The van der Waals surface area contributed by atoms with E-state index in [-0.39, 0.29) is 11.6 Å². The van der Waals surface area contributed by atoms with Gasteiger partial charge in [0.2, 0.25) is 0 Å². The van der Waals surface area contributed by atoms with Crippen LogP contribution in [-0.2, 0) is 11.4 Å². The number of nitrogens with zero attached hydrogens (tertiary/aromatic N) is 1. The van der Waals surface area contributed by atoms with Gasteiger partial charge in [-0.15, -0.1) is 0 Å². The number of anilines is 1. The maximum atomic E-state index is 13.9. The van der Waals surface area contributed by atoms with Crippen molar-refractivity contribution in [2.45, 2.75) is 19.4 Å². The zero-order chi connectivity index (χ0) is 16.8. The minimum Gasteiger partial charge on any atom is -0.489 e. The molecule has 6 heteroatoms. The highest BCUT2D eigenvalue weighted by Crippen LogP contribution is 2.22. The number of carbonyl (C=O) groups is 1. The van der Waals surface area contributed by atoms with Crippen LogP contribution in [0.5, 0.6) is 5.75 Å². The molecule has 1 aliphatic rings. The van der Waals surface area contributed by atoms with Crippen molar-refractivity contribution in [3.8, 4) is 5.75 Å². The Hall–Kier alpha value is -2.89. The van der Waals surface area contributed by atoms with E-state index in [2.05, 4.69) is 15.8 Å². The van der Waals surface area contributed by atoms with E-state index in [0.29, 0.717) is 31.0 Å². The first-order valence-corrected chi connectivity index (χ1v) is 7.79. The van der Waals surface area contributed by atoms with E-state index in [9.17, 15) is 9.18 Å². The van der Waals surface area contributed by atoms with Crippen LogP contribution in [0.4, 0.5) is 10.1 Å². The summed E-state index contributed by atoms with van der Waals surface area (Å²) in [5.41, 5.74) is 4.19. The van der Waals surface area contributed by atoms with Crippen molar-refractivity contribution in [1.82, 2.24) is 5.32 Å². The first kappa shape index (κ1) is 16.0. The molecule has 0 bridgehead atoms. The lowest BCUT2D eigenvalue weighted by Crippen LogP contribution is -2.37. The summed E-state index contributed by atoms with van der Waals surface area (Å²) >= 11 is 0. The number of hydrogen-bond donors (Lipinski definition) is 2. The van der Waals surface area contributed by atoms with Crippen LogP contribution in [0.25, 0.3) is 0 Å². The molecular formula is C18H18FN3O2. The van der Waals surface area contributed by atoms with Crippen molar-refractivity contribution in [1.29, 1.82) is 0 Å². The molecule has 0 unspecified atom stereocenters. The van der Waals surface area contributed by atoms with Crippen molar-refractivity contribution in [3.63, 3.8) is 0 Å². The van der Waals surface area contributed by atoms with Crippen LogP contribution in [0.2, 0.25) is 0 Å². The fraction of sp³-hybridized carbons (Fsp3) is 0.222. The zero-order valence-electron chi connectivity index (χ0n) is 13.1. The third-order valence-corrected chi connectivity index (χ3v) is 3.64. The first-order chi connectivity index (χ1) is 11.7. The molecule has 1 heterocycles. The van der Waals surface area contributed by atoms with Crippen LogP contribution >= 0.6 is 0 Å². The van der Waals surface area contributed by atoms with Gasteiger partial charge in [0, 0.05) is 12.6 Å². The molecule has 0 aromatic heterocycles. The topological polar surface area (TPSA) is 62.7 Å². The van der Waals surface area contributed by atoms with Gasteiger partial charge in [-0.25, -0.2) is 4.39 Å². The Bertz CT molecular complexity index is 747. The number of ether oxygens (including phenoxy) is 1. The van der Waals surface area contributed by atoms with Gasteiger partial charge >= 0.3 is 0 Å². The van der Waals surface area contributed by atoms with Crippen LogP contribution in [0.15, 0.2) is 53.6 Å². The number of hydrogen-bond acceptors (Lipinski definition) is 4. The van der Waals surface area contributed by atoms with E-state index < -0.39 is 5.82 Å². The molecule has 1 fully saturated rings. The Kier molecular flexibility index (Phi) is 5.05. The van der Waals surface area contributed by atoms with E-state index >= 15 is 0 Å². The van der Waals surface area contributed by atoms with Crippen LogP contribution in [0.1, 0.15) is 18.4 Å². The van der Waals surface area contributed by atoms with Gasteiger partial charge in [0.05, 0.1) is 5.69 Å². The second-order valence-electron chi connectivity index (χ2n) is 5.45. The molecule has 0 radical (unpaired) electrons. The Balaban J connectivity index is 1.67. The number of nitrogens with one attached hydrogen (secondary N) is 2. The number of rotatable bonds is 5. The average molecular weight is 327 g/mol. The lowest BCUT2D eigenvalue weighted by molar-refractivity contribution is -0.115. The Morgan fingerprint density at radius 3 is 2.83 bits per heavy atom. The van der Waals surface area contributed by atoms with Crippen LogP contribution in [0.3, 0.4) is 0 Å². The van der Waals surface area contributed by atoms with E-state index in [1.165, 1.54) is 12.1 Å². The van der Waals surface area contributed by atoms with Gasteiger partial charge in [-0.1, -0.05) is 30.3 Å². The number of halogens is 1. The molecule has 1 saturated heterocycles. The molecule has 1 aliphatic heterocycles. The molecule has 0 saturated carbocycles. The summed E-state index contributed by atoms with van der Waals surface area (Å²) in [6, 6.07) is 14.1. The molecule has 0 spiro atoms. The van der Waals surface area contributed by atoms with Gasteiger partial charge in [0.25, 0.3) is 5.91 Å². The predicted molar refractivity (Wildman–Crippen MR) is 90.5 cm³/mol. The maximum Gasteiger partial charge on any atom is 0.267 e. The second kappa shape index (κ2) is 7.59. The third-order valence-electron chi connectivity index (χ3n) is 3.64. The Labute approximate surface area is 139 Å². The van der Waals surface area contributed by atoms with Gasteiger partial charge in [-0.3, -0.25) is 10.2 Å². The van der Waals surface area contributed by atoms with Crippen molar-refractivity contribution in [3.05, 3.63) is 59.9 Å². The minimum absolute atomic E-state index is 0.173. The summed E-state index contributed by atoms with van der Waals surface area (Å²) in [7, 11) is 0. The summed E-state index contributed by atoms with van der Waals surface area (Å²) in [5.74, 6) is -0.149. The SMILES string of the molecule is O=C1NCCCC1=NNc1cc(OCc2ccccc2)ccc1F. The van der Waals surface area contributed by atoms with E-state index in [0.717, 1.165) is 12.0 Å². The molecule has 124 valence electrons. The highest BCUT2D eigenvalue weighted by atomic mass is 19.1. The Morgan fingerprint density at radius 1 is 1.21 bits per heavy atom. The molecule has 3 rings (SSSR count). The van der Waals surface area contributed by atoms with E-state index in [1.807, 2.05) is 30.3 Å². The molecule has 2 N–H and O–H groups in total. The van der Waals surface area contributed by atoms with Gasteiger partial charge in [0.1, 0.15) is 23.9 Å². The summed E-state index contributed by atoms with van der Waals surface area (Å²) in [6.45, 7) is 1.04. The minimum atomic E-state index is -0.456. The highest BCUT2D eigenvalue weighted by Gasteiger charge is 2.16. The van der Waals surface area contributed by atoms with Crippen LogP contribution in [0, 0.1) is 5.82 Å². The lowest BCUT2D eigenvalue weighted by Gasteiger charge is -2.14. The lowest BCUT2D eigenvalue weighted by atomic mass is 10.1. The van der Waals surface area contributed by atoms with Crippen molar-refractivity contribution in [2.75, 3.05) is 12.0 Å². The fourth-order valence-corrected chi connectivity index (χ4v) is 2.33. The van der Waals surface area contributed by atoms with Gasteiger partial charge in [-0.05, 0) is 30.5 Å². The predicted octanol–water partition coefficient (Wildman–Crippen LogP) is 3.08. The second-order valence-corrected chi connectivity index (χ2v) is 5.45. The smallest absolute Gasteiger partial charge is 0.267 e. The normalized spacial score (nSPS) is 15.9. The van der Waals surface area contributed by atoms with Crippen molar-refractivity contribution >= 4 is 17.3 Å². The number of carbonyl (C=O) groups excluding carboxylic acids is 1. The third kappa shape index (κ3) is 4.10. The summed E-state index contributed by atoms with van der Waals surface area (Å²) in [6.07, 6.45) is 1.40. The average Bonchev–Trinajstić information content (AvgIpc) is 2.62. The van der Waals surface area contributed by atoms with Crippen molar-refractivity contribution < 1.29 is 13.9 Å². The first-order valence-electron chi connectivity index (χ1n) is 7.79. The monoisotopic (exact) mass is 327 g/mol. The highest BCUT2D eigenvalue weighted by molar-refractivity contribution is 6.39. The summed E-state index contributed by atoms with van der Waals surface area (Å²) in [5, 5.41) is 6.72. The number of benzene rings is 2. The molecule has 24 heavy (non-hydrogen) atoms. The molecule has 0 aliphatic carbocycles. The maximum absolute atomic E-state index is 13.9. The Morgan fingerprint density at radius 2 is 2.04 bits per heavy atom. The summed E-state index contributed by atoms with van der Waals surface area (Å²) in [4.78, 5) is 11.6. The summed E-state index contributed by atoms with van der Waals surface area (Å²) < 4.78 is 19.6. The van der Waals surface area contributed by atoms with Crippen LogP contribution < -0.4 is 15.5 Å². The van der Waals surface area contributed by atoms with Gasteiger partial charge in [-0.2, -0.15) is 5.10 Å². The molecule has 1 amide bonds. The number of amides is 1. The van der Waals surface area contributed by atoms with Crippen molar-refractivity contribution in [2.24, 2.45) is 5.10 Å². The van der Waals surface area contributed by atoms with Gasteiger partial charge in [0.15, 0.2) is 0 Å². The number of hydrazone groups is 1. The molecule has 2 aromatic rings.